The van der Waals surface area contributed by atoms with E-state index >= 15 is 0 Å². The van der Waals surface area contributed by atoms with E-state index in [0.29, 0.717) is 17.8 Å². The van der Waals surface area contributed by atoms with Crippen molar-refractivity contribution in [1.82, 2.24) is 9.88 Å². The van der Waals surface area contributed by atoms with Gasteiger partial charge < -0.3 is 5.32 Å². The van der Waals surface area contributed by atoms with E-state index in [1.54, 1.807) is 12.3 Å². The SMILES string of the molecule is N#Cc1ccc(NC2CCN3CCCCC23)cn1. The molecule has 1 N–H and O–H groups in total. The van der Waals surface area contributed by atoms with E-state index in [1.165, 1.54) is 38.8 Å². The van der Waals surface area contributed by atoms with Crippen LogP contribution < -0.4 is 5.32 Å². The van der Waals surface area contributed by atoms with Crippen LogP contribution in [-0.4, -0.2) is 35.1 Å². The van der Waals surface area contributed by atoms with E-state index in [-0.39, 0.29) is 0 Å². The van der Waals surface area contributed by atoms with Gasteiger partial charge in [0, 0.05) is 18.6 Å². The van der Waals surface area contributed by atoms with Crippen molar-refractivity contribution < 1.29 is 0 Å². The zero-order valence-corrected chi connectivity index (χ0v) is 10.5. The molecule has 1 aromatic rings. The Morgan fingerprint density at radius 3 is 3.00 bits per heavy atom. The summed E-state index contributed by atoms with van der Waals surface area (Å²) >= 11 is 0. The standard InChI is InChI=1S/C14H18N4/c15-9-11-4-5-12(10-16-11)17-13-6-8-18-7-2-1-3-14(13)18/h4-5,10,13-14,17H,1-3,6-8H2. The lowest BCUT2D eigenvalue weighted by Gasteiger charge is -2.32. The summed E-state index contributed by atoms with van der Waals surface area (Å²) in [5, 5.41) is 12.3. The maximum Gasteiger partial charge on any atom is 0.140 e. The van der Waals surface area contributed by atoms with Crippen LogP contribution in [0.25, 0.3) is 0 Å². The van der Waals surface area contributed by atoms with Crippen LogP contribution in [0, 0.1) is 11.3 Å². The third-order valence-corrected chi connectivity index (χ3v) is 4.09. The summed E-state index contributed by atoms with van der Waals surface area (Å²) < 4.78 is 0. The molecule has 2 aliphatic rings. The molecule has 2 saturated heterocycles. The number of hydrogen-bond donors (Lipinski definition) is 1. The highest BCUT2D eigenvalue weighted by molar-refractivity contribution is 5.44. The lowest BCUT2D eigenvalue weighted by molar-refractivity contribution is 0.193. The highest BCUT2D eigenvalue weighted by atomic mass is 15.2. The van der Waals surface area contributed by atoms with Crippen LogP contribution in [0.5, 0.6) is 0 Å². The first kappa shape index (κ1) is 11.5. The van der Waals surface area contributed by atoms with Gasteiger partial charge in [0.1, 0.15) is 11.8 Å². The van der Waals surface area contributed by atoms with E-state index < -0.39 is 0 Å². The lowest BCUT2D eigenvalue weighted by Crippen LogP contribution is -2.41. The predicted molar refractivity (Wildman–Crippen MR) is 70.2 cm³/mol. The molecule has 0 aromatic carbocycles. The number of piperidine rings is 1. The number of aromatic nitrogens is 1. The fraction of sp³-hybridized carbons (Fsp3) is 0.571. The highest BCUT2D eigenvalue weighted by Crippen LogP contribution is 2.29. The molecule has 94 valence electrons. The number of fused-ring (bicyclic) bond motifs is 1. The van der Waals surface area contributed by atoms with Gasteiger partial charge in [-0.15, -0.1) is 0 Å². The van der Waals surface area contributed by atoms with Crippen LogP contribution in [0.4, 0.5) is 5.69 Å². The Kier molecular flexibility index (Phi) is 3.16. The Morgan fingerprint density at radius 1 is 1.28 bits per heavy atom. The van der Waals surface area contributed by atoms with Crippen LogP contribution in [0.2, 0.25) is 0 Å². The molecule has 4 nitrogen and oxygen atoms in total. The van der Waals surface area contributed by atoms with E-state index in [9.17, 15) is 0 Å². The van der Waals surface area contributed by atoms with E-state index in [4.69, 9.17) is 5.26 Å². The highest BCUT2D eigenvalue weighted by Gasteiger charge is 2.35. The molecule has 2 unspecified atom stereocenters. The molecule has 0 aliphatic carbocycles. The summed E-state index contributed by atoms with van der Waals surface area (Å²) in [7, 11) is 0. The molecule has 0 bridgehead atoms. The fourth-order valence-corrected chi connectivity index (χ4v) is 3.18. The predicted octanol–water partition coefficient (Wildman–Crippen LogP) is 1.99. The molecular weight excluding hydrogens is 224 g/mol. The Hall–Kier alpha value is -1.60. The quantitative estimate of drug-likeness (QED) is 0.861. The van der Waals surface area contributed by atoms with Crippen molar-refractivity contribution in [3.8, 4) is 6.07 Å². The minimum Gasteiger partial charge on any atom is -0.379 e. The topological polar surface area (TPSA) is 52.0 Å². The van der Waals surface area contributed by atoms with Crippen LogP contribution in [0.1, 0.15) is 31.4 Å². The minimum atomic E-state index is 0.478. The molecule has 0 saturated carbocycles. The van der Waals surface area contributed by atoms with Crippen molar-refractivity contribution in [3.05, 3.63) is 24.0 Å². The molecular formula is C14H18N4. The smallest absolute Gasteiger partial charge is 0.140 e. The molecule has 3 heterocycles. The van der Waals surface area contributed by atoms with E-state index in [0.717, 1.165) is 5.69 Å². The maximum atomic E-state index is 8.73. The van der Waals surface area contributed by atoms with Crippen molar-refractivity contribution in [2.24, 2.45) is 0 Å². The van der Waals surface area contributed by atoms with Gasteiger partial charge >= 0.3 is 0 Å². The number of anilines is 1. The Bertz CT molecular complexity index is 448. The minimum absolute atomic E-state index is 0.478. The zero-order valence-electron chi connectivity index (χ0n) is 10.5. The van der Waals surface area contributed by atoms with E-state index in [1.807, 2.05) is 12.1 Å². The van der Waals surface area contributed by atoms with Gasteiger partial charge in [0.2, 0.25) is 0 Å². The summed E-state index contributed by atoms with van der Waals surface area (Å²) in [6.07, 6.45) is 6.99. The average Bonchev–Trinajstić information content (AvgIpc) is 2.83. The molecule has 4 heteroatoms. The normalized spacial score (nSPS) is 27.5. The third-order valence-electron chi connectivity index (χ3n) is 4.09. The summed E-state index contributed by atoms with van der Waals surface area (Å²) in [6, 6.07) is 7.01. The molecule has 2 fully saturated rings. The summed E-state index contributed by atoms with van der Waals surface area (Å²) in [6.45, 7) is 2.47. The number of pyridine rings is 1. The van der Waals surface area contributed by atoms with Gasteiger partial charge in [-0.2, -0.15) is 5.26 Å². The second-order valence-corrected chi connectivity index (χ2v) is 5.18. The van der Waals surface area contributed by atoms with E-state index in [2.05, 4.69) is 15.2 Å². The number of nitrogens with one attached hydrogen (secondary N) is 1. The molecule has 2 atom stereocenters. The zero-order chi connectivity index (χ0) is 12.4. The van der Waals surface area contributed by atoms with Gasteiger partial charge in [-0.25, -0.2) is 4.98 Å². The van der Waals surface area contributed by atoms with Crippen LogP contribution in [-0.2, 0) is 0 Å². The van der Waals surface area contributed by atoms with Gasteiger partial charge in [0.25, 0.3) is 0 Å². The molecule has 0 amide bonds. The van der Waals surface area contributed by atoms with Crippen LogP contribution in [0.3, 0.4) is 0 Å². The van der Waals surface area contributed by atoms with Gasteiger partial charge in [0.05, 0.1) is 11.9 Å². The number of nitrogens with zero attached hydrogens (tertiary/aromatic N) is 3. The third kappa shape index (κ3) is 2.19. The number of hydrogen-bond acceptors (Lipinski definition) is 4. The van der Waals surface area contributed by atoms with Gasteiger partial charge in [-0.3, -0.25) is 4.90 Å². The van der Waals surface area contributed by atoms with Crippen molar-refractivity contribution in [3.63, 3.8) is 0 Å². The number of nitriles is 1. The number of rotatable bonds is 2. The maximum absolute atomic E-state index is 8.73. The van der Waals surface area contributed by atoms with Crippen molar-refractivity contribution in [1.29, 1.82) is 5.26 Å². The van der Waals surface area contributed by atoms with Crippen molar-refractivity contribution in [2.45, 2.75) is 37.8 Å². The second kappa shape index (κ2) is 4.95. The first-order valence-corrected chi connectivity index (χ1v) is 6.73. The Morgan fingerprint density at radius 2 is 2.22 bits per heavy atom. The summed E-state index contributed by atoms with van der Waals surface area (Å²) in [5.41, 5.74) is 1.51. The fourth-order valence-electron chi connectivity index (χ4n) is 3.18. The van der Waals surface area contributed by atoms with Gasteiger partial charge in [0.15, 0.2) is 0 Å². The lowest BCUT2D eigenvalue weighted by atomic mass is 9.99. The van der Waals surface area contributed by atoms with Crippen LogP contribution in [0.15, 0.2) is 18.3 Å². The monoisotopic (exact) mass is 242 g/mol. The molecule has 1 aromatic heterocycles. The van der Waals surface area contributed by atoms with Gasteiger partial charge in [-0.1, -0.05) is 6.42 Å². The van der Waals surface area contributed by atoms with Crippen molar-refractivity contribution in [2.75, 3.05) is 18.4 Å². The Labute approximate surface area is 108 Å². The first-order valence-electron chi connectivity index (χ1n) is 6.73. The second-order valence-electron chi connectivity index (χ2n) is 5.18. The molecule has 3 rings (SSSR count). The molecule has 0 spiro atoms. The molecule has 0 radical (unpaired) electrons. The van der Waals surface area contributed by atoms with Crippen LogP contribution >= 0.6 is 0 Å². The van der Waals surface area contributed by atoms with Crippen molar-refractivity contribution >= 4 is 5.69 Å². The van der Waals surface area contributed by atoms with Gasteiger partial charge in [-0.05, 0) is 37.9 Å². The largest absolute Gasteiger partial charge is 0.379 e. The molecule has 18 heavy (non-hydrogen) atoms. The Balaban J connectivity index is 1.67. The summed E-state index contributed by atoms with van der Waals surface area (Å²) in [5.74, 6) is 0. The molecule has 2 aliphatic heterocycles. The first-order chi connectivity index (χ1) is 8.86. The summed E-state index contributed by atoms with van der Waals surface area (Å²) in [4.78, 5) is 6.72. The average molecular weight is 242 g/mol.